The zero-order valence-corrected chi connectivity index (χ0v) is 16.4. The standard InChI is InChI=1S/C20H25N3O7/c24-17(13-15-5-8-18(21-14-15)23(28)29)7-6-16-3-1-4-19(25)22(16)10-2-11-30-12-9-20(26)27/h2,5-8,11,14,16-17,24H,1,3-4,9-10,12-13H2,(H,26,27)/t16-,17?/m1/s1. The second kappa shape index (κ2) is 11.7. The molecule has 2 N–H and O–H groups in total. The molecule has 30 heavy (non-hydrogen) atoms. The van der Waals surface area contributed by atoms with Crippen molar-refractivity contribution in [3.05, 3.63) is 58.5 Å². The van der Waals surface area contributed by atoms with Crippen LogP contribution >= 0.6 is 0 Å². The molecule has 1 aromatic heterocycles. The summed E-state index contributed by atoms with van der Waals surface area (Å²) in [6.45, 7) is 0.385. The number of pyridine rings is 1. The normalized spacial score (nSPS) is 18.1. The van der Waals surface area contributed by atoms with Crippen LogP contribution in [0.3, 0.4) is 0 Å². The van der Waals surface area contributed by atoms with E-state index in [1.165, 1.54) is 18.5 Å². The van der Waals surface area contributed by atoms with Crippen LogP contribution in [0.4, 0.5) is 5.82 Å². The highest BCUT2D eigenvalue weighted by atomic mass is 16.6. The maximum absolute atomic E-state index is 12.3. The molecular weight excluding hydrogens is 394 g/mol. The molecule has 0 saturated carbocycles. The number of aliphatic hydroxyl groups excluding tert-OH is 1. The van der Waals surface area contributed by atoms with Gasteiger partial charge in [0, 0.05) is 25.5 Å². The number of carboxylic acids is 1. The smallest absolute Gasteiger partial charge is 0.363 e. The van der Waals surface area contributed by atoms with Gasteiger partial charge in [0.2, 0.25) is 5.91 Å². The number of nitro groups is 1. The highest BCUT2D eigenvalue weighted by Gasteiger charge is 2.25. The molecule has 10 nitrogen and oxygen atoms in total. The van der Waals surface area contributed by atoms with E-state index in [9.17, 15) is 24.8 Å². The number of piperidine rings is 1. The van der Waals surface area contributed by atoms with Crippen molar-refractivity contribution in [2.24, 2.45) is 0 Å². The van der Waals surface area contributed by atoms with E-state index in [4.69, 9.17) is 9.84 Å². The number of carboxylic acid groups (broad SMARTS) is 1. The molecule has 0 spiro atoms. The van der Waals surface area contributed by atoms with Crippen LogP contribution in [0.5, 0.6) is 0 Å². The number of hydrogen-bond acceptors (Lipinski definition) is 7. The lowest BCUT2D eigenvalue weighted by atomic mass is 10.00. The Morgan fingerprint density at radius 3 is 2.93 bits per heavy atom. The molecule has 1 unspecified atom stereocenters. The first-order chi connectivity index (χ1) is 14.4. The van der Waals surface area contributed by atoms with E-state index in [2.05, 4.69) is 4.98 Å². The first kappa shape index (κ1) is 23.0. The Hall–Kier alpha value is -3.27. The number of aliphatic hydroxyl groups is 1. The number of rotatable bonds is 11. The van der Waals surface area contributed by atoms with Crippen molar-refractivity contribution >= 4 is 17.7 Å². The molecular formula is C20H25N3O7. The van der Waals surface area contributed by atoms with Gasteiger partial charge < -0.3 is 30.0 Å². The number of nitrogens with zero attached hydrogens (tertiary/aromatic N) is 3. The fourth-order valence-corrected chi connectivity index (χ4v) is 3.03. The van der Waals surface area contributed by atoms with E-state index in [-0.39, 0.29) is 37.2 Å². The van der Waals surface area contributed by atoms with Crippen molar-refractivity contribution in [3.63, 3.8) is 0 Å². The summed E-state index contributed by atoms with van der Waals surface area (Å²) in [6.07, 6.45) is 9.13. The van der Waals surface area contributed by atoms with Crippen molar-refractivity contribution in [1.82, 2.24) is 9.88 Å². The zero-order chi connectivity index (χ0) is 21.9. The van der Waals surface area contributed by atoms with E-state index < -0.39 is 17.0 Å². The van der Waals surface area contributed by atoms with Crippen LogP contribution in [0.2, 0.25) is 0 Å². The Kier molecular flexibility index (Phi) is 8.95. The van der Waals surface area contributed by atoms with E-state index in [0.717, 1.165) is 12.8 Å². The summed E-state index contributed by atoms with van der Waals surface area (Å²) in [6, 6.07) is 2.67. The molecule has 2 heterocycles. The molecule has 10 heteroatoms. The summed E-state index contributed by atoms with van der Waals surface area (Å²) >= 11 is 0. The fourth-order valence-electron chi connectivity index (χ4n) is 3.03. The molecule has 2 atom stereocenters. The number of carbonyl (C=O) groups excluding carboxylic acids is 1. The van der Waals surface area contributed by atoms with Gasteiger partial charge in [0.25, 0.3) is 0 Å². The summed E-state index contributed by atoms with van der Waals surface area (Å²) in [5, 5.41) is 29.4. The highest BCUT2D eigenvalue weighted by molar-refractivity contribution is 5.77. The van der Waals surface area contributed by atoms with Crippen LogP contribution in [0.25, 0.3) is 0 Å². The minimum Gasteiger partial charge on any atom is -0.501 e. The molecule has 1 saturated heterocycles. The lowest BCUT2D eigenvalue weighted by Gasteiger charge is -2.33. The van der Waals surface area contributed by atoms with Crippen LogP contribution < -0.4 is 0 Å². The number of carbonyl (C=O) groups is 2. The molecule has 1 fully saturated rings. The van der Waals surface area contributed by atoms with Gasteiger partial charge in [-0.2, -0.15) is 0 Å². The highest BCUT2D eigenvalue weighted by Crippen LogP contribution is 2.20. The first-order valence-corrected chi connectivity index (χ1v) is 9.60. The van der Waals surface area contributed by atoms with Gasteiger partial charge in [0.1, 0.15) is 6.20 Å². The van der Waals surface area contributed by atoms with Gasteiger partial charge in [0.05, 0.1) is 31.4 Å². The zero-order valence-electron chi connectivity index (χ0n) is 16.4. The third kappa shape index (κ3) is 7.63. The maximum atomic E-state index is 12.3. The molecule has 1 amide bonds. The Bertz CT molecular complexity index is 792. The summed E-state index contributed by atoms with van der Waals surface area (Å²) in [7, 11) is 0. The first-order valence-electron chi connectivity index (χ1n) is 9.60. The monoisotopic (exact) mass is 419 g/mol. The number of aliphatic carboxylic acids is 1. The number of aromatic nitrogens is 1. The Balaban J connectivity index is 1.88. The van der Waals surface area contributed by atoms with E-state index in [1.54, 1.807) is 29.2 Å². The molecule has 2 rings (SSSR count). The molecule has 0 bridgehead atoms. The largest absolute Gasteiger partial charge is 0.501 e. The summed E-state index contributed by atoms with van der Waals surface area (Å²) < 4.78 is 5.09. The number of hydrogen-bond donors (Lipinski definition) is 2. The van der Waals surface area contributed by atoms with Crippen molar-refractivity contribution in [1.29, 1.82) is 0 Å². The fraction of sp³-hybridized carbons (Fsp3) is 0.450. The summed E-state index contributed by atoms with van der Waals surface area (Å²) in [4.78, 5) is 38.1. The van der Waals surface area contributed by atoms with Crippen LogP contribution in [0, 0.1) is 10.1 Å². The van der Waals surface area contributed by atoms with Gasteiger partial charge in [0.15, 0.2) is 0 Å². The van der Waals surface area contributed by atoms with Gasteiger partial charge in [-0.3, -0.25) is 9.59 Å². The van der Waals surface area contributed by atoms with Gasteiger partial charge in [-0.1, -0.05) is 12.2 Å². The second-order valence-corrected chi connectivity index (χ2v) is 6.83. The molecule has 0 aliphatic carbocycles. The topological polar surface area (TPSA) is 143 Å². The lowest BCUT2D eigenvalue weighted by molar-refractivity contribution is -0.389. The Morgan fingerprint density at radius 1 is 1.47 bits per heavy atom. The predicted molar refractivity (Wildman–Crippen MR) is 106 cm³/mol. The van der Waals surface area contributed by atoms with Crippen LogP contribution in [0.1, 0.15) is 31.2 Å². The second-order valence-electron chi connectivity index (χ2n) is 6.83. The number of amides is 1. The van der Waals surface area contributed by atoms with Gasteiger partial charge in [-0.05, 0) is 40.5 Å². The van der Waals surface area contributed by atoms with Crippen LogP contribution in [-0.2, 0) is 20.7 Å². The van der Waals surface area contributed by atoms with Crippen LogP contribution in [0.15, 0.2) is 42.8 Å². The van der Waals surface area contributed by atoms with E-state index >= 15 is 0 Å². The molecule has 1 aliphatic heterocycles. The van der Waals surface area contributed by atoms with Crippen molar-refractivity contribution in [3.8, 4) is 0 Å². The molecule has 162 valence electrons. The quantitative estimate of drug-likeness (QED) is 0.182. The molecule has 0 aromatic carbocycles. The maximum Gasteiger partial charge on any atom is 0.363 e. The summed E-state index contributed by atoms with van der Waals surface area (Å²) in [5.41, 5.74) is 0.663. The molecule has 0 radical (unpaired) electrons. The van der Waals surface area contributed by atoms with Gasteiger partial charge in [-0.25, -0.2) is 0 Å². The predicted octanol–water partition coefficient (Wildman–Crippen LogP) is 1.84. The average molecular weight is 419 g/mol. The minimum absolute atomic E-state index is 0.000134. The third-order valence-corrected chi connectivity index (χ3v) is 4.54. The van der Waals surface area contributed by atoms with Gasteiger partial charge in [-0.15, -0.1) is 0 Å². The summed E-state index contributed by atoms with van der Waals surface area (Å²) in [5.74, 6) is -1.19. The van der Waals surface area contributed by atoms with Crippen LogP contribution in [-0.4, -0.2) is 62.2 Å². The molecule has 1 aromatic rings. The number of ether oxygens (including phenoxy) is 1. The van der Waals surface area contributed by atoms with E-state index in [0.29, 0.717) is 18.5 Å². The van der Waals surface area contributed by atoms with Crippen molar-refractivity contribution in [2.45, 2.75) is 44.2 Å². The van der Waals surface area contributed by atoms with Crippen molar-refractivity contribution in [2.75, 3.05) is 13.2 Å². The van der Waals surface area contributed by atoms with E-state index in [1.807, 2.05) is 0 Å². The third-order valence-electron chi connectivity index (χ3n) is 4.54. The Labute approximate surface area is 173 Å². The Morgan fingerprint density at radius 2 is 2.27 bits per heavy atom. The average Bonchev–Trinajstić information content (AvgIpc) is 2.70. The molecule has 1 aliphatic rings. The van der Waals surface area contributed by atoms with Gasteiger partial charge >= 0.3 is 11.8 Å². The minimum atomic E-state index is -0.942. The number of likely N-dealkylation sites (tertiary alicyclic amines) is 1. The van der Waals surface area contributed by atoms with Crippen molar-refractivity contribution < 1.29 is 29.5 Å². The lowest BCUT2D eigenvalue weighted by Crippen LogP contribution is -2.42. The SMILES string of the molecule is O=C(O)CCOC=CCN1C(=O)CCC[C@@H]1C=CC(O)Cc1ccc([N+](=O)[O-])nc1.